The molecule has 0 bridgehead atoms. The third-order valence-corrected chi connectivity index (χ3v) is 7.82. The first-order chi connectivity index (χ1) is 19.5. The highest BCUT2D eigenvalue weighted by Gasteiger charge is 2.33. The Bertz CT molecular complexity index is 1560. The molecule has 0 atom stereocenters. The van der Waals surface area contributed by atoms with Crippen LogP contribution in [0, 0.1) is 5.82 Å². The summed E-state index contributed by atoms with van der Waals surface area (Å²) < 4.78 is 26.2. The van der Waals surface area contributed by atoms with Crippen molar-refractivity contribution in [3.05, 3.63) is 135 Å². The summed E-state index contributed by atoms with van der Waals surface area (Å²) in [6.45, 7) is 0.946. The summed E-state index contributed by atoms with van der Waals surface area (Å²) in [6.07, 6.45) is 1.82. The van der Waals surface area contributed by atoms with Gasteiger partial charge in [-0.2, -0.15) is 0 Å². The molecule has 0 aromatic heterocycles. The Balaban J connectivity index is 1.41. The minimum absolute atomic E-state index is 0.0477. The number of aliphatic imine (C=N–C) groups is 1. The fourth-order valence-electron chi connectivity index (χ4n) is 4.15. The Kier molecular flexibility index (Phi) is 8.98. The number of rotatable bonds is 9. The van der Waals surface area contributed by atoms with E-state index in [0.717, 1.165) is 16.7 Å². The van der Waals surface area contributed by atoms with Gasteiger partial charge in [-0.15, -0.1) is 0 Å². The number of nitrogens with zero attached hydrogens (tertiary/aromatic N) is 2. The number of amidine groups is 1. The predicted molar refractivity (Wildman–Crippen MR) is 162 cm³/mol. The Morgan fingerprint density at radius 2 is 1.62 bits per heavy atom. The Labute approximate surface area is 245 Å². The number of benzene rings is 4. The number of thioether (sulfide) groups is 1. The first-order valence-corrected chi connectivity index (χ1v) is 14.2. The second kappa shape index (κ2) is 13.0. The summed E-state index contributed by atoms with van der Waals surface area (Å²) in [7, 11) is 1.54. The maximum absolute atomic E-state index is 14.1. The van der Waals surface area contributed by atoms with E-state index in [9.17, 15) is 9.18 Å². The Hall–Kier alpha value is -3.88. The number of carbonyl (C=O) groups is 1. The van der Waals surface area contributed by atoms with Gasteiger partial charge in [-0.05, 0) is 68.7 Å². The van der Waals surface area contributed by atoms with Gasteiger partial charge in [0.25, 0.3) is 5.91 Å². The molecule has 1 amide bonds. The van der Waals surface area contributed by atoms with Crippen LogP contribution in [0.15, 0.2) is 111 Å². The monoisotopic (exact) mass is 616 g/mol. The minimum atomic E-state index is -0.333. The van der Waals surface area contributed by atoms with Crippen molar-refractivity contribution in [1.29, 1.82) is 0 Å². The Morgan fingerprint density at radius 1 is 0.950 bits per heavy atom. The lowest BCUT2D eigenvalue weighted by Crippen LogP contribution is -2.28. The first-order valence-electron chi connectivity index (χ1n) is 12.6. The van der Waals surface area contributed by atoms with E-state index in [1.165, 1.54) is 17.8 Å². The van der Waals surface area contributed by atoms with Gasteiger partial charge < -0.3 is 9.47 Å². The van der Waals surface area contributed by atoms with Crippen LogP contribution < -0.4 is 9.47 Å². The summed E-state index contributed by atoms with van der Waals surface area (Å²) >= 11 is 4.91. The van der Waals surface area contributed by atoms with Gasteiger partial charge in [0, 0.05) is 5.56 Å². The highest BCUT2D eigenvalue weighted by molar-refractivity contribution is 9.10. The molecule has 8 heteroatoms. The van der Waals surface area contributed by atoms with Gasteiger partial charge in [0.2, 0.25) is 0 Å². The Morgan fingerprint density at radius 3 is 2.33 bits per heavy atom. The quantitative estimate of drug-likeness (QED) is 0.180. The lowest BCUT2D eigenvalue weighted by atomic mass is 10.1. The molecule has 1 heterocycles. The molecule has 4 aromatic rings. The van der Waals surface area contributed by atoms with E-state index in [-0.39, 0.29) is 18.3 Å². The summed E-state index contributed by atoms with van der Waals surface area (Å²) in [5, 5.41) is 0.653. The third kappa shape index (κ3) is 6.63. The number of halogens is 2. The van der Waals surface area contributed by atoms with E-state index in [1.54, 1.807) is 36.3 Å². The maximum atomic E-state index is 14.1. The number of methoxy groups -OCH3 is 1. The van der Waals surface area contributed by atoms with Crippen molar-refractivity contribution in [2.75, 3.05) is 7.11 Å². The largest absolute Gasteiger partial charge is 0.493 e. The normalized spacial score (nSPS) is 15.2. The maximum Gasteiger partial charge on any atom is 0.267 e. The van der Waals surface area contributed by atoms with Crippen molar-refractivity contribution in [1.82, 2.24) is 4.90 Å². The zero-order valence-electron chi connectivity index (χ0n) is 21.7. The molecule has 0 N–H and O–H groups in total. The van der Waals surface area contributed by atoms with Crippen molar-refractivity contribution >= 4 is 44.8 Å². The SMILES string of the molecule is COc1cc(/C=C2/SC(=NCc3ccccc3)N(Cc3ccccc3)C2=O)cc(Br)c1OCc1ccccc1F. The van der Waals surface area contributed by atoms with E-state index in [1.807, 2.05) is 72.8 Å². The summed E-state index contributed by atoms with van der Waals surface area (Å²) in [4.78, 5) is 20.7. The van der Waals surface area contributed by atoms with E-state index < -0.39 is 0 Å². The molecule has 0 radical (unpaired) electrons. The van der Waals surface area contributed by atoms with Gasteiger partial charge >= 0.3 is 0 Å². The van der Waals surface area contributed by atoms with Gasteiger partial charge in [0.05, 0.1) is 29.6 Å². The number of carbonyl (C=O) groups excluding carboxylic acids is 1. The van der Waals surface area contributed by atoms with E-state index in [4.69, 9.17) is 14.5 Å². The lowest BCUT2D eigenvalue weighted by molar-refractivity contribution is -0.122. The number of hydrogen-bond acceptors (Lipinski definition) is 5. The van der Waals surface area contributed by atoms with Crippen molar-refractivity contribution in [2.24, 2.45) is 4.99 Å². The van der Waals surface area contributed by atoms with Crippen molar-refractivity contribution in [2.45, 2.75) is 19.7 Å². The van der Waals surface area contributed by atoms with Gasteiger partial charge in [-0.25, -0.2) is 4.39 Å². The van der Waals surface area contributed by atoms with E-state index >= 15 is 0 Å². The highest BCUT2D eigenvalue weighted by atomic mass is 79.9. The summed E-state index contributed by atoms with van der Waals surface area (Å²) in [5.74, 6) is 0.470. The molecule has 1 fully saturated rings. The molecule has 0 saturated carbocycles. The molecular formula is C32H26BrFN2O3S. The van der Waals surface area contributed by atoms with Gasteiger partial charge in [-0.3, -0.25) is 14.7 Å². The topological polar surface area (TPSA) is 51.1 Å². The van der Waals surface area contributed by atoms with Gasteiger partial charge in [-0.1, -0.05) is 78.9 Å². The molecule has 202 valence electrons. The number of amides is 1. The van der Waals surface area contributed by atoms with Crippen LogP contribution in [0.5, 0.6) is 11.5 Å². The standard InChI is InChI=1S/C32H26BrFN2O3S/c1-38-28-17-24(16-26(33)30(28)39-21-25-14-8-9-15-27(25)34)18-29-31(37)36(20-23-12-6-3-7-13-23)32(40-29)35-19-22-10-4-2-5-11-22/h2-18H,19-21H2,1H3/b29-18+,35-32?. The average Bonchev–Trinajstić information content (AvgIpc) is 3.26. The first kappa shape index (κ1) is 27.7. The molecule has 5 rings (SSSR count). The highest BCUT2D eigenvalue weighted by Crippen LogP contribution is 2.40. The second-order valence-electron chi connectivity index (χ2n) is 8.99. The molecule has 1 aliphatic heterocycles. The molecule has 5 nitrogen and oxygen atoms in total. The minimum Gasteiger partial charge on any atom is -0.493 e. The smallest absolute Gasteiger partial charge is 0.267 e. The van der Waals surface area contributed by atoms with Crippen LogP contribution in [0.1, 0.15) is 22.3 Å². The van der Waals surface area contributed by atoms with Crippen molar-refractivity contribution in [3.8, 4) is 11.5 Å². The van der Waals surface area contributed by atoms with Crippen LogP contribution >= 0.6 is 27.7 Å². The molecule has 0 aliphatic carbocycles. The molecule has 0 spiro atoms. The zero-order valence-corrected chi connectivity index (χ0v) is 24.1. The van der Waals surface area contributed by atoms with Crippen molar-refractivity contribution < 1.29 is 18.7 Å². The van der Waals surface area contributed by atoms with E-state index in [0.29, 0.717) is 44.7 Å². The second-order valence-corrected chi connectivity index (χ2v) is 10.8. The molecule has 4 aromatic carbocycles. The van der Waals surface area contributed by atoms with Gasteiger partial charge in [0.1, 0.15) is 12.4 Å². The fourth-order valence-corrected chi connectivity index (χ4v) is 5.70. The third-order valence-electron chi connectivity index (χ3n) is 6.19. The van der Waals surface area contributed by atoms with Crippen LogP contribution in [0.2, 0.25) is 0 Å². The van der Waals surface area contributed by atoms with Crippen LogP contribution in [0.4, 0.5) is 4.39 Å². The lowest BCUT2D eigenvalue weighted by Gasteiger charge is -2.16. The summed E-state index contributed by atoms with van der Waals surface area (Å²) in [6, 6.07) is 29.9. The van der Waals surface area contributed by atoms with Crippen LogP contribution in [0.3, 0.4) is 0 Å². The van der Waals surface area contributed by atoms with Crippen molar-refractivity contribution in [3.63, 3.8) is 0 Å². The molecule has 0 unspecified atom stereocenters. The van der Waals surface area contributed by atoms with E-state index in [2.05, 4.69) is 15.9 Å². The van der Waals surface area contributed by atoms with Crippen LogP contribution in [-0.2, 0) is 24.5 Å². The van der Waals surface area contributed by atoms with Gasteiger partial charge in [0.15, 0.2) is 16.7 Å². The van der Waals surface area contributed by atoms with Crippen LogP contribution in [0.25, 0.3) is 6.08 Å². The molecular weight excluding hydrogens is 591 g/mol. The fraction of sp³-hybridized carbons (Fsp3) is 0.125. The van der Waals surface area contributed by atoms with Crippen LogP contribution in [-0.4, -0.2) is 23.1 Å². The zero-order chi connectivity index (χ0) is 27.9. The molecule has 1 aliphatic rings. The molecule has 40 heavy (non-hydrogen) atoms. The molecule has 1 saturated heterocycles. The predicted octanol–water partition coefficient (Wildman–Crippen LogP) is 7.85. The number of hydrogen-bond donors (Lipinski definition) is 0. The summed E-state index contributed by atoms with van der Waals surface area (Å²) in [5.41, 5.74) is 3.28. The number of ether oxygens (including phenoxy) is 2. The average molecular weight is 618 g/mol.